The second-order valence-electron chi connectivity index (χ2n) is 5.91. The van der Waals surface area contributed by atoms with Gasteiger partial charge in [0.15, 0.2) is 10.8 Å². The van der Waals surface area contributed by atoms with Crippen molar-refractivity contribution in [1.82, 2.24) is 20.5 Å². The molecule has 0 spiro atoms. The van der Waals surface area contributed by atoms with Crippen LogP contribution in [0, 0.1) is 0 Å². The summed E-state index contributed by atoms with van der Waals surface area (Å²) in [6.07, 6.45) is 4.15. The van der Waals surface area contributed by atoms with Crippen molar-refractivity contribution in [1.29, 1.82) is 0 Å². The average Bonchev–Trinajstić information content (AvgIpc) is 3.17. The van der Waals surface area contributed by atoms with Gasteiger partial charge in [-0.3, -0.25) is 15.2 Å². The van der Waals surface area contributed by atoms with E-state index in [9.17, 15) is 4.79 Å². The fraction of sp³-hybridized carbons (Fsp3) is 0.533. The van der Waals surface area contributed by atoms with Crippen LogP contribution in [0.25, 0.3) is 0 Å². The van der Waals surface area contributed by atoms with Gasteiger partial charge in [0.2, 0.25) is 0 Å². The standard InChI is InChI=1S/C15H21N5OS/c1-9(2)11-7-12(20-19-11)14(21)18-15-17-8-13(22-15)10-3-5-16-6-4-10/h7-10,16H,3-6H2,1-2H3,(H,19,20)(H,17,18,21). The number of rotatable bonds is 4. The van der Waals surface area contributed by atoms with Gasteiger partial charge in [0.25, 0.3) is 5.91 Å². The second kappa shape index (κ2) is 6.58. The van der Waals surface area contributed by atoms with Crippen LogP contribution in [-0.4, -0.2) is 34.2 Å². The van der Waals surface area contributed by atoms with E-state index in [-0.39, 0.29) is 5.91 Å². The normalized spacial score (nSPS) is 16.1. The Morgan fingerprint density at radius 1 is 1.41 bits per heavy atom. The minimum Gasteiger partial charge on any atom is -0.317 e. The highest BCUT2D eigenvalue weighted by Gasteiger charge is 2.19. The molecule has 6 nitrogen and oxygen atoms in total. The van der Waals surface area contributed by atoms with Crippen molar-refractivity contribution >= 4 is 22.4 Å². The van der Waals surface area contributed by atoms with Crippen molar-refractivity contribution in [3.63, 3.8) is 0 Å². The number of aromatic nitrogens is 3. The summed E-state index contributed by atoms with van der Waals surface area (Å²) in [5.74, 6) is 0.664. The number of carbonyl (C=O) groups excluding carboxylic acids is 1. The van der Waals surface area contributed by atoms with Crippen LogP contribution < -0.4 is 10.6 Å². The van der Waals surface area contributed by atoms with Gasteiger partial charge in [-0.15, -0.1) is 11.3 Å². The third kappa shape index (κ3) is 3.36. The molecule has 0 bridgehead atoms. The molecule has 1 aliphatic heterocycles. The van der Waals surface area contributed by atoms with E-state index in [0.717, 1.165) is 31.6 Å². The van der Waals surface area contributed by atoms with Gasteiger partial charge in [-0.05, 0) is 43.8 Å². The van der Waals surface area contributed by atoms with Crippen LogP contribution in [0.15, 0.2) is 12.3 Å². The van der Waals surface area contributed by atoms with Gasteiger partial charge >= 0.3 is 0 Å². The lowest BCUT2D eigenvalue weighted by Gasteiger charge is -2.20. The minimum absolute atomic E-state index is 0.214. The van der Waals surface area contributed by atoms with Gasteiger partial charge < -0.3 is 5.32 Å². The van der Waals surface area contributed by atoms with E-state index in [2.05, 4.69) is 39.7 Å². The summed E-state index contributed by atoms with van der Waals surface area (Å²) in [6, 6.07) is 1.79. The van der Waals surface area contributed by atoms with E-state index in [4.69, 9.17) is 0 Å². The van der Waals surface area contributed by atoms with Crippen LogP contribution in [0.3, 0.4) is 0 Å². The summed E-state index contributed by atoms with van der Waals surface area (Å²) in [4.78, 5) is 17.8. The van der Waals surface area contributed by atoms with Crippen LogP contribution in [0.4, 0.5) is 5.13 Å². The van der Waals surface area contributed by atoms with Crippen LogP contribution in [0.5, 0.6) is 0 Å². The van der Waals surface area contributed by atoms with Gasteiger partial charge in [0, 0.05) is 16.8 Å². The van der Waals surface area contributed by atoms with Crippen molar-refractivity contribution in [2.75, 3.05) is 18.4 Å². The average molecular weight is 319 g/mol. The van der Waals surface area contributed by atoms with Crippen molar-refractivity contribution in [3.05, 3.63) is 28.5 Å². The van der Waals surface area contributed by atoms with Crippen molar-refractivity contribution < 1.29 is 4.79 Å². The maximum Gasteiger partial charge on any atom is 0.277 e. The minimum atomic E-state index is -0.214. The number of amides is 1. The largest absolute Gasteiger partial charge is 0.317 e. The molecule has 0 radical (unpaired) electrons. The number of nitrogens with one attached hydrogen (secondary N) is 3. The fourth-order valence-corrected chi connectivity index (χ4v) is 3.53. The van der Waals surface area contributed by atoms with Gasteiger partial charge in [-0.25, -0.2) is 4.98 Å². The molecular formula is C15H21N5OS. The zero-order valence-corrected chi connectivity index (χ0v) is 13.7. The summed E-state index contributed by atoms with van der Waals surface area (Å²) in [6.45, 7) is 6.22. The number of piperidine rings is 1. The van der Waals surface area contributed by atoms with E-state index >= 15 is 0 Å². The first-order chi connectivity index (χ1) is 10.6. The molecule has 1 amide bonds. The van der Waals surface area contributed by atoms with Crippen LogP contribution in [0.2, 0.25) is 0 Å². The Bertz CT molecular complexity index is 642. The van der Waals surface area contributed by atoms with E-state index in [1.54, 1.807) is 17.4 Å². The van der Waals surface area contributed by atoms with Gasteiger partial charge in [-0.1, -0.05) is 13.8 Å². The number of carbonyl (C=O) groups is 1. The lowest BCUT2D eigenvalue weighted by atomic mass is 9.97. The zero-order valence-electron chi connectivity index (χ0n) is 12.8. The highest BCUT2D eigenvalue weighted by atomic mass is 32.1. The van der Waals surface area contributed by atoms with Crippen LogP contribution in [-0.2, 0) is 0 Å². The SMILES string of the molecule is CC(C)c1cc(C(=O)Nc2ncc(C3CCNCC3)s2)n[nH]1. The van der Waals surface area contributed by atoms with E-state index in [1.807, 2.05) is 6.20 Å². The number of H-pyrrole nitrogens is 1. The number of thiazole rings is 1. The molecule has 1 aliphatic rings. The molecule has 7 heteroatoms. The zero-order chi connectivity index (χ0) is 15.5. The molecule has 2 aromatic rings. The number of nitrogens with zero attached hydrogens (tertiary/aromatic N) is 2. The molecule has 3 heterocycles. The Kier molecular flexibility index (Phi) is 4.54. The lowest BCUT2D eigenvalue weighted by Crippen LogP contribution is -2.26. The number of aromatic amines is 1. The summed E-state index contributed by atoms with van der Waals surface area (Å²) >= 11 is 1.57. The second-order valence-corrected chi connectivity index (χ2v) is 6.97. The van der Waals surface area contributed by atoms with Crippen molar-refractivity contribution in [2.45, 2.75) is 38.5 Å². The van der Waals surface area contributed by atoms with Crippen LogP contribution >= 0.6 is 11.3 Å². The molecule has 3 rings (SSSR count). The van der Waals surface area contributed by atoms with Gasteiger partial charge in [0.05, 0.1) is 0 Å². The Labute approximate surface area is 133 Å². The number of hydrogen-bond acceptors (Lipinski definition) is 5. The van der Waals surface area contributed by atoms with Crippen LogP contribution in [0.1, 0.15) is 59.6 Å². The quantitative estimate of drug-likeness (QED) is 0.809. The maximum atomic E-state index is 12.2. The molecule has 3 N–H and O–H groups in total. The third-order valence-electron chi connectivity index (χ3n) is 3.94. The molecule has 2 aromatic heterocycles. The summed E-state index contributed by atoms with van der Waals surface area (Å²) < 4.78 is 0. The Morgan fingerprint density at radius 2 is 2.18 bits per heavy atom. The first kappa shape index (κ1) is 15.2. The Morgan fingerprint density at radius 3 is 2.86 bits per heavy atom. The highest BCUT2D eigenvalue weighted by molar-refractivity contribution is 7.15. The molecule has 0 aromatic carbocycles. The Hall–Kier alpha value is -1.73. The van der Waals surface area contributed by atoms with E-state index in [0.29, 0.717) is 22.7 Å². The molecule has 0 saturated carbocycles. The molecule has 118 valence electrons. The first-order valence-electron chi connectivity index (χ1n) is 7.66. The molecule has 0 atom stereocenters. The Balaban J connectivity index is 1.65. The summed E-state index contributed by atoms with van der Waals surface area (Å²) in [5.41, 5.74) is 1.36. The van der Waals surface area contributed by atoms with Crippen molar-refractivity contribution in [2.24, 2.45) is 0 Å². The first-order valence-corrected chi connectivity index (χ1v) is 8.48. The molecule has 0 aliphatic carbocycles. The van der Waals surface area contributed by atoms with E-state index in [1.165, 1.54) is 4.88 Å². The number of anilines is 1. The smallest absolute Gasteiger partial charge is 0.277 e. The highest BCUT2D eigenvalue weighted by Crippen LogP contribution is 2.31. The summed E-state index contributed by atoms with van der Waals surface area (Å²) in [7, 11) is 0. The van der Waals surface area contributed by atoms with Crippen molar-refractivity contribution in [3.8, 4) is 0 Å². The van der Waals surface area contributed by atoms with Gasteiger partial charge in [0.1, 0.15) is 0 Å². The topological polar surface area (TPSA) is 82.7 Å². The molecule has 0 unspecified atom stereocenters. The molecular weight excluding hydrogens is 298 g/mol. The monoisotopic (exact) mass is 319 g/mol. The predicted octanol–water partition coefficient (Wildman–Crippen LogP) is 2.71. The third-order valence-corrected chi connectivity index (χ3v) is 5.01. The summed E-state index contributed by atoms with van der Waals surface area (Å²) in [5, 5.41) is 13.8. The molecule has 22 heavy (non-hydrogen) atoms. The maximum absolute atomic E-state index is 12.2. The predicted molar refractivity (Wildman–Crippen MR) is 87.6 cm³/mol. The molecule has 1 saturated heterocycles. The molecule has 1 fully saturated rings. The number of hydrogen-bond donors (Lipinski definition) is 3. The van der Waals surface area contributed by atoms with E-state index < -0.39 is 0 Å². The van der Waals surface area contributed by atoms with Gasteiger partial charge in [-0.2, -0.15) is 5.10 Å². The lowest BCUT2D eigenvalue weighted by molar-refractivity contribution is 0.102. The fourth-order valence-electron chi connectivity index (χ4n) is 2.55.